The summed E-state index contributed by atoms with van der Waals surface area (Å²) >= 11 is 0. The van der Waals surface area contributed by atoms with Crippen LogP contribution in [0.3, 0.4) is 0 Å². The Labute approximate surface area is 129 Å². The molecule has 3 nitrogen and oxygen atoms in total. The number of benzene rings is 1. The maximum absolute atomic E-state index is 6.00. The molecule has 2 rings (SSSR count). The quantitative estimate of drug-likeness (QED) is 0.794. The minimum Gasteiger partial charge on any atom is -0.496 e. The van der Waals surface area contributed by atoms with Gasteiger partial charge in [-0.25, -0.2) is 0 Å². The van der Waals surface area contributed by atoms with Crippen molar-refractivity contribution in [2.45, 2.75) is 57.1 Å². The van der Waals surface area contributed by atoms with Crippen molar-refractivity contribution in [1.82, 2.24) is 5.32 Å². The number of nitrogens with one attached hydrogen (secondary N) is 1. The lowest BCUT2D eigenvalue weighted by Gasteiger charge is -2.37. The summed E-state index contributed by atoms with van der Waals surface area (Å²) in [4.78, 5) is 0. The Balaban J connectivity index is 2.19. The zero-order valence-corrected chi connectivity index (χ0v) is 13.7. The summed E-state index contributed by atoms with van der Waals surface area (Å²) in [6, 6.07) is 8.67. The first kappa shape index (κ1) is 16.3. The fourth-order valence-electron chi connectivity index (χ4n) is 3.52. The Kier molecular flexibility index (Phi) is 6.07. The predicted octanol–water partition coefficient (Wildman–Crippen LogP) is 3.57. The Hall–Kier alpha value is -1.06. The molecule has 1 aromatic rings. The lowest BCUT2D eigenvalue weighted by Crippen LogP contribution is -2.52. The summed E-state index contributed by atoms with van der Waals surface area (Å²) in [5, 5.41) is 3.72. The topological polar surface area (TPSA) is 30.5 Å². The first-order valence-corrected chi connectivity index (χ1v) is 8.16. The number of rotatable bonds is 8. The second-order valence-electron chi connectivity index (χ2n) is 6.00. The molecular weight excluding hydrogens is 262 g/mol. The zero-order valence-electron chi connectivity index (χ0n) is 13.7. The highest BCUT2D eigenvalue weighted by atomic mass is 16.5. The minimum atomic E-state index is -0.0178. The van der Waals surface area contributed by atoms with Crippen molar-refractivity contribution in [1.29, 1.82) is 0 Å². The highest BCUT2D eigenvalue weighted by Crippen LogP contribution is 2.37. The minimum absolute atomic E-state index is 0.0178. The largest absolute Gasteiger partial charge is 0.496 e. The molecule has 0 amide bonds. The van der Waals surface area contributed by atoms with Crippen molar-refractivity contribution < 1.29 is 9.47 Å². The van der Waals surface area contributed by atoms with Crippen LogP contribution < -0.4 is 10.1 Å². The van der Waals surface area contributed by atoms with E-state index >= 15 is 0 Å². The number of methoxy groups -OCH3 is 2. The second-order valence-corrected chi connectivity index (χ2v) is 6.00. The first-order valence-electron chi connectivity index (χ1n) is 8.16. The van der Waals surface area contributed by atoms with Gasteiger partial charge in [0.25, 0.3) is 0 Å². The molecule has 0 saturated heterocycles. The molecule has 1 unspecified atom stereocenters. The highest BCUT2D eigenvalue weighted by Gasteiger charge is 2.41. The van der Waals surface area contributed by atoms with Crippen LogP contribution in [0, 0.1) is 0 Å². The van der Waals surface area contributed by atoms with Gasteiger partial charge in [0.05, 0.1) is 12.7 Å². The highest BCUT2D eigenvalue weighted by molar-refractivity contribution is 5.34. The van der Waals surface area contributed by atoms with Crippen LogP contribution in [0.1, 0.15) is 44.6 Å². The average Bonchev–Trinajstić information content (AvgIpc) is 3.02. The van der Waals surface area contributed by atoms with Gasteiger partial charge in [-0.2, -0.15) is 0 Å². The molecule has 0 aromatic heterocycles. The van der Waals surface area contributed by atoms with Crippen molar-refractivity contribution in [2.75, 3.05) is 20.8 Å². The molecular formula is C18H29NO2. The van der Waals surface area contributed by atoms with Gasteiger partial charge in [0.2, 0.25) is 0 Å². The SMILES string of the molecule is CCCNC(Cc1ccccc1OC)C1(OC)CCCC1. The zero-order chi connectivity index (χ0) is 15.1. The van der Waals surface area contributed by atoms with Gasteiger partial charge in [0.1, 0.15) is 5.75 Å². The van der Waals surface area contributed by atoms with Gasteiger partial charge in [-0.15, -0.1) is 0 Å². The molecule has 0 bridgehead atoms. The monoisotopic (exact) mass is 291 g/mol. The van der Waals surface area contributed by atoms with Crippen molar-refractivity contribution in [3.63, 3.8) is 0 Å². The van der Waals surface area contributed by atoms with E-state index in [0.717, 1.165) is 38.0 Å². The maximum atomic E-state index is 6.00. The molecule has 0 spiro atoms. The first-order chi connectivity index (χ1) is 10.3. The summed E-state index contributed by atoms with van der Waals surface area (Å²) < 4.78 is 11.5. The summed E-state index contributed by atoms with van der Waals surface area (Å²) in [6.07, 6.45) is 6.94. The normalized spacial score (nSPS) is 18.6. The van der Waals surface area contributed by atoms with Crippen molar-refractivity contribution >= 4 is 0 Å². The third-order valence-electron chi connectivity index (χ3n) is 4.75. The van der Waals surface area contributed by atoms with Crippen LogP contribution >= 0.6 is 0 Å². The van der Waals surface area contributed by atoms with Crippen molar-refractivity contribution in [3.05, 3.63) is 29.8 Å². The van der Waals surface area contributed by atoms with E-state index in [1.165, 1.54) is 18.4 Å². The van der Waals surface area contributed by atoms with Gasteiger partial charge in [-0.3, -0.25) is 0 Å². The molecule has 21 heavy (non-hydrogen) atoms. The fourth-order valence-corrected chi connectivity index (χ4v) is 3.52. The number of hydrogen-bond donors (Lipinski definition) is 1. The van der Waals surface area contributed by atoms with Gasteiger partial charge in [0, 0.05) is 13.2 Å². The molecule has 0 radical (unpaired) electrons. The lowest BCUT2D eigenvalue weighted by molar-refractivity contribution is -0.0355. The molecule has 1 aromatic carbocycles. The molecule has 1 aliphatic carbocycles. The van der Waals surface area contributed by atoms with E-state index in [4.69, 9.17) is 9.47 Å². The molecule has 1 aliphatic rings. The second kappa shape index (κ2) is 7.81. The third-order valence-corrected chi connectivity index (χ3v) is 4.75. The van der Waals surface area contributed by atoms with E-state index in [-0.39, 0.29) is 5.60 Å². The lowest BCUT2D eigenvalue weighted by atomic mass is 9.87. The smallest absolute Gasteiger partial charge is 0.122 e. The van der Waals surface area contributed by atoms with Gasteiger partial charge in [0.15, 0.2) is 0 Å². The molecule has 1 N–H and O–H groups in total. The van der Waals surface area contributed by atoms with Crippen molar-refractivity contribution in [2.24, 2.45) is 0 Å². The van der Waals surface area contributed by atoms with Gasteiger partial charge < -0.3 is 14.8 Å². The Morgan fingerprint density at radius 2 is 1.90 bits per heavy atom. The van der Waals surface area contributed by atoms with E-state index in [9.17, 15) is 0 Å². The van der Waals surface area contributed by atoms with Crippen LogP contribution in [0.4, 0.5) is 0 Å². The number of hydrogen-bond acceptors (Lipinski definition) is 3. The molecule has 1 atom stereocenters. The van der Waals surface area contributed by atoms with E-state index < -0.39 is 0 Å². The van der Waals surface area contributed by atoms with Crippen LogP contribution in [0.25, 0.3) is 0 Å². The third kappa shape index (κ3) is 3.78. The van der Waals surface area contributed by atoms with Crippen LogP contribution in [0.2, 0.25) is 0 Å². The predicted molar refractivity (Wildman–Crippen MR) is 87.0 cm³/mol. The summed E-state index contributed by atoms with van der Waals surface area (Å²) in [5.74, 6) is 0.977. The number of ether oxygens (including phenoxy) is 2. The molecule has 1 saturated carbocycles. The average molecular weight is 291 g/mol. The van der Waals surface area contributed by atoms with Crippen LogP contribution in [-0.4, -0.2) is 32.4 Å². The van der Waals surface area contributed by atoms with E-state index in [0.29, 0.717) is 6.04 Å². The number of para-hydroxylation sites is 1. The van der Waals surface area contributed by atoms with E-state index in [1.807, 2.05) is 19.2 Å². The van der Waals surface area contributed by atoms with Gasteiger partial charge in [-0.1, -0.05) is 38.0 Å². The standard InChI is InChI=1S/C18H29NO2/c1-4-13-19-17(18(21-3)11-7-8-12-18)14-15-9-5-6-10-16(15)20-2/h5-6,9-10,17,19H,4,7-8,11-14H2,1-3H3. The van der Waals surface area contributed by atoms with Gasteiger partial charge in [-0.05, 0) is 43.9 Å². The summed E-state index contributed by atoms with van der Waals surface area (Å²) in [7, 11) is 3.61. The molecule has 0 aliphatic heterocycles. The Morgan fingerprint density at radius 3 is 2.52 bits per heavy atom. The fraction of sp³-hybridized carbons (Fsp3) is 0.667. The molecule has 3 heteroatoms. The van der Waals surface area contributed by atoms with Gasteiger partial charge >= 0.3 is 0 Å². The van der Waals surface area contributed by atoms with Crippen LogP contribution in [0.15, 0.2) is 24.3 Å². The molecule has 1 fully saturated rings. The van der Waals surface area contributed by atoms with E-state index in [2.05, 4.69) is 24.4 Å². The van der Waals surface area contributed by atoms with E-state index in [1.54, 1.807) is 7.11 Å². The summed E-state index contributed by atoms with van der Waals surface area (Å²) in [6.45, 7) is 3.24. The Morgan fingerprint density at radius 1 is 1.19 bits per heavy atom. The molecule has 118 valence electrons. The van der Waals surface area contributed by atoms with Crippen molar-refractivity contribution in [3.8, 4) is 5.75 Å². The molecule has 0 heterocycles. The van der Waals surface area contributed by atoms with Crippen LogP contribution in [-0.2, 0) is 11.2 Å². The summed E-state index contributed by atoms with van der Waals surface area (Å²) in [5.41, 5.74) is 1.24. The Bertz CT molecular complexity index is 427. The van der Waals surface area contributed by atoms with Crippen LogP contribution in [0.5, 0.6) is 5.75 Å². The maximum Gasteiger partial charge on any atom is 0.122 e.